The molecule has 3 atom stereocenters. The van der Waals surface area contributed by atoms with Crippen molar-refractivity contribution in [2.24, 2.45) is 5.73 Å². The van der Waals surface area contributed by atoms with Crippen molar-refractivity contribution < 1.29 is 57.4 Å². The van der Waals surface area contributed by atoms with E-state index in [2.05, 4.69) is 26.6 Å². The van der Waals surface area contributed by atoms with E-state index >= 15 is 4.39 Å². The first kappa shape index (κ1) is 54.1. The number of benzene rings is 2. The standard InChI is InChI=1S/C53H59FN10O12/c1-3-53(75)34-21-39-49-32(26-64(39)50(72)33(34)28-76-52(53)74)48-36(14-13-31-29(2)35(54)22-37(61-49)47(31)48)59-43(68)23-56-17-19-62(27-40(55)65)51(73)38(20-30-10-6-4-7-11-30)60-44(69)25-58-42(67)24-57-41(66)12-8-5-9-18-63-45(70)15-16-46(63)71/h4,6-7,10-11,15-16,21-22,36,38,56,75H,3,5,8-9,12-14,17-20,23-28H2,1-2H3,(H2,55,65)(H,57,66)(H,58,67)(H,59,68)(H,60,69)/t36-,38-,53-/m0/s1. The van der Waals surface area contributed by atoms with Gasteiger partial charge in [-0.25, -0.2) is 14.2 Å². The first-order valence-electron chi connectivity index (χ1n) is 25.2. The molecule has 8 rings (SSSR count). The molecule has 0 spiro atoms. The number of primary amides is 1. The molecule has 2 aromatic heterocycles. The number of rotatable bonds is 23. The van der Waals surface area contributed by atoms with Crippen LogP contribution in [0.3, 0.4) is 0 Å². The highest BCUT2D eigenvalue weighted by Gasteiger charge is 2.46. The zero-order chi connectivity index (χ0) is 54.4. The number of halogens is 1. The number of aryl methyl sites for hydroxylation is 1. The number of carbonyl (C=O) groups excluding carboxylic acids is 9. The summed E-state index contributed by atoms with van der Waals surface area (Å²) in [5.74, 6) is -5.85. The van der Waals surface area contributed by atoms with E-state index in [0.717, 1.165) is 15.4 Å². The Morgan fingerprint density at radius 3 is 2.37 bits per heavy atom. The van der Waals surface area contributed by atoms with Crippen LogP contribution in [0.4, 0.5) is 4.39 Å². The molecule has 0 unspecified atom stereocenters. The van der Waals surface area contributed by atoms with Gasteiger partial charge in [0.2, 0.25) is 35.4 Å². The molecule has 5 heterocycles. The van der Waals surface area contributed by atoms with Gasteiger partial charge in [-0.3, -0.25) is 48.1 Å². The minimum atomic E-state index is -2.06. The lowest BCUT2D eigenvalue weighted by Crippen LogP contribution is -2.54. The van der Waals surface area contributed by atoms with Gasteiger partial charge in [-0.2, -0.15) is 0 Å². The number of nitrogens with zero attached hydrogens (tertiary/aromatic N) is 4. The zero-order valence-electron chi connectivity index (χ0n) is 42.1. The molecule has 400 valence electrons. The molecule has 4 aliphatic rings. The second kappa shape index (κ2) is 23.2. The van der Waals surface area contributed by atoms with Gasteiger partial charge in [0.15, 0.2) is 5.60 Å². The van der Waals surface area contributed by atoms with Crippen molar-refractivity contribution >= 4 is 64.1 Å². The number of amides is 8. The minimum absolute atomic E-state index is 0.00134. The fraction of sp³-hybridized carbons (Fsp3) is 0.415. The number of fused-ring (bicyclic) bond motifs is 5. The number of hydrogen-bond acceptors (Lipinski definition) is 14. The average molecular weight is 1050 g/mol. The summed E-state index contributed by atoms with van der Waals surface area (Å²) < 4.78 is 22.2. The van der Waals surface area contributed by atoms with Crippen LogP contribution in [0.25, 0.3) is 22.3 Å². The first-order valence-corrected chi connectivity index (χ1v) is 25.2. The molecule has 0 fully saturated rings. The van der Waals surface area contributed by atoms with Crippen LogP contribution < -0.4 is 37.9 Å². The maximum absolute atomic E-state index is 15.5. The lowest BCUT2D eigenvalue weighted by Gasteiger charge is -2.31. The number of nitrogens with one attached hydrogen (secondary N) is 5. The number of hydrogen-bond donors (Lipinski definition) is 7. The second-order valence-electron chi connectivity index (χ2n) is 19.2. The fourth-order valence-electron chi connectivity index (χ4n) is 10.2. The Balaban J connectivity index is 0.877. The molecule has 1 aliphatic carbocycles. The molecule has 22 nitrogen and oxygen atoms in total. The van der Waals surface area contributed by atoms with E-state index in [1.54, 1.807) is 50.2 Å². The van der Waals surface area contributed by atoms with E-state index in [9.17, 15) is 53.1 Å². The highest BCUT2D eigenvalue weighted by Crippen LogP contribution is 2.46. The number of ether oxygens (including phenoxy) is 1. The van der Waals surface area contributed by atoms with Crippen molar-refractivity contribution in [1.29, 1.82) is 0 Å². The number of nitrogens with two attached hydrogens (primary N) is 1. The van der Waals surface area contributed by atoms with Crippen LogP contribution in [0.15, 0.2) is 59.4 Å². The molecule has 2 aromatic carbocycles. The van der Waals surface area contributed by atoms with Gasteiger partial charge in [-0.15, -0.1) is 0 Å². The molecule has 0 saturated carbocycles. The molecule has 0 bridgehead atoms. The second-order valence-corrected chi connectivity index (χ2v) is 19.2. The van der Waals surface area contributed by atoms with Crippen LogP contribution in [0.2, 0.25) is 0 Å². The Bertz CT molecular complexity index is 3130. The number of carbonyl (C=O) groups is 9. The van der Waals surface area contributed by atoms with Gasteiger partial charge in [0, 0.05) is 67.2 Å². The zero-order valence-corrected chi connectivity index (χ0v) is 42.1. The van der Waals surface area contributed by atoms with Gasteiger partial charge in [-0.05, 0) is 67.3 Å². The SMILES string of the molecule is CC[C@@]1(O)C(=O)OCc2c1cc1n(c2=O)Cc2c-1nc1cc(F)c(C)c3c1c2[C@@H](NC(=O)CNCCN(CC(N)=O)C(=O)[C@H](Cc1ccccc1)NC(=O)CNC(=O)CNC(=O)CCCCCN1C(=O)C=CC1=O)CC3. The molecular formula is C53H59FN10O12. The molecule has 4 aromatic rings. The summed E-state index contributed by atoms with van der Waals surface area (Å²) in [5.41, 5.74) is 7.44. The van der Waals surface area contributed by atoms with Gasteiger partial charge < -0.3 is 51.6 Å². The van der Waals surface area contributed by atoms with Crippen LogP contribution in [0.1, 0.15) is 90.4 Å². The third-order valence-electron chi connectivity index (χ3n) is 14.2. The molecule has 76 heavy (non-hydrogen) atoms. The maximum atomic E-state index is 15.5. The number of cyclic esters (lactones) is 1. The largest absolute Gasteiger partial charge is 0.458 e. The van der Waals surface area contributed by atoms with Crippen LogP contribution in [-0.4, -0.2) is 130 Å². The highest BCUT2D eigenvalue weighted by molar-refractivity contribution is 6.12. The molecular weight excluding hydrogens is 988 g/mol. The maximum Gasteiger partial charge on any atom is 0.343 e. The molecule has 8 amide bonds. The summed E-state index contributed by atoms with van der Waals surface area (Å²) in [5, 5.41) is 25.7. The van der Waals surface area contributed by atoms with Crippen LogP contribution in [0, 0.1) is 12.7 Å². The Hall–Kier alpha value is -8.18. The van der Waals surface area contributed by atoms with Crippen LogP contribution in [-0.2, 0) is 79.5 Å². The van der Waals surface area contributed by atoms with E-state index in [1.807, 2.05) is 0 Å². The normalized spacial score (nSPS) is 17.3. The number of pyridine rings is 2. The molecule has 0 saturated heterocycles. The third kappa shape index (κ3) is 11.5. The Morgan fingerprint density at radius 2 is 1.64 bits per heavy atom. The minimum Gasteiger partial charge on any atom is -0.458 e. The number of unbranched alkanes of at least 4 members (excludes halogenated alkanes) is 2. The van der Waals surface area contributed by atoms with Gasteiger partial charge in [0.1, 0.15) is 18.5 Å². The van der Waals surface area contributed by atoms with Gasteiger partial charge in [0.25, 0.3) is 17.4 Å². The summed E-state index contributed by atoms with van der Waals surface area (Å²) >= 11 is 0. The summed E-state index contributed by atoms with van der Waals surface area (Å²) in [7, 11) is 0. The van der Waals surface area contributed by atoms with Crippen LogP contribution in [0.5, 0.6) is 0 Å². The Labute approximate surface area is 435 Å². The average Bonchev–Trinajstić information content (AvgIpc) is 4.00. The third-order valence-corrected chi connectivity index (χ3v) is 14.2. The van der Waals surface area contributed by atoms with Crippen molar-refractivity contribution in [2.75, 3.05) is 45.8 Å². The van der Waals surface area contributed by atoms with Crippen molar-refractivity contribution in [3.05, 3.63) is 110 Å². The summed E-state index contributed by atoms with van der Waals surface area (Å²) in [4.78, 5) is 136. The van der Waals surface area contributed by atoms with Gasteiger partial charge in [-0.1, -0.05) is 43.7 Å². The van der Waals surface area contributed by atoms with E-state index in [4.69, 9.17) is 15.5 Å². The predicted molar refractivity (Wildman–Crippen MR) is 269 cm³/mol. The quantitative estimate of drug-likeness (QED) is 0.0257. The Morgan fingerprint density at radius 1 is 0.921 bits per heavy atom. The molecule has 0 radical (unpaired) electrons. The van der Waals surface area contributed by atoms with Crippen molar-refractivity contribution in [2.45, 2.75) is 96.1 Å². The highest BCUT2D eigenvalue weighted by atomic mass is 19.1. The lowest BCUT2D eigenvalue weighted by atomic mass is 9.81. The van der Waals surface area contributed by atoms with E-state index < -0.39 is 90.1 Å². The smallest absolute Gasteiger partial charge is 0.343 e. The number of aromatic nitrogens is 2. The number of esters is 1. The van der Waals surface area contributed by atoms with E-state index in [0.29, 0.717) is 76.6 Å². The summed E-state index contributed by atoms with van der Waals surface area (Å²) in [6.07, 6.45) is 4.76. The van der Waals surface area contributed by atoms with Crippen molar-refractivity contribution in [1.82, 2.24) is 45.9 Å². The van der Waals surface area contributed by atoms with E-state index in [-0.39, 0.29) is 81.5 Å². The summed E-state index contributed by atoms with van der Waals surface area (Å²) in [6.45, 7) is 1.38. The molecule has 23 heteroatoms. The predicted octanol–water partition coefficient (Wildman–Crippen LogP) is -0.0206. The molecule has 8 N–H and O–H groups in total. The van der Waals surface area contributed by atoms with Crippen molar-refractivity contribution in [3.63, 3.8) is 0 Å². The van der Waals surface area contributed by atoms with E-state index in [1.165, 1.54) is 22.8 Å². The summed E-state index contributed by atoms with van der Waals surface area (Å²) in [6, 6.07) is 9.81. The lowest BCUT2D eigenvalue weighted by molar-refractivity contribution is -0.172. The van der Waals surface area contributed by atoms with Gasteiger partial charge >= 0.3 is 5.97 Å². The monoisotopic (exact) mass is 1050 g/mol. The Kier molecular flexibility index (Phi) is 16.5. The van der Waals surface area contributed by atoms with Crippen LogP contribution >= 0.6 is 0 Å². The number of aliphatic hydroxyl groups is 1. The number of imide groups is 1. The van der Waals surface area contributed by atoms with Gasteiger partial charge in [0.05, 0.1) is 61.2 Å². The molecule has 3 aliphatic heterocycles. The van der Waals surface area contributed by atoms with Crippen molar-refractivity contribution in [3.8, 4) is 11.4 Å². The fourth-order valence-corrected chi connectivity index (χ4v) is 10.2. The first-order chi connectivity index (χ1) is 36.4. The topological polar surface area (TPSA) is 311 Å².